The molecule has 0 heterocycles. The van der Waals surface area contributed by atoms with Crippen LogP contribution in [0.5, 0.6) is 0 Å². The molecular formula is C15H19Y-. The summed E-state index contributed by atoms with van der Waals surface area (Å²) >= 11 is 0. The van der Waals surface area contributed by atoms with Gasteiger partial charge in [-0.15, -0.1) is 0 Å². The molecule has 16 heavy (non-hydrogen) atoms. The molecule has 0 bridgehead atoms. The molecule has 2 rings (SSSR count). The summed E-state index contributed by atoms with van der Waals surface area (Å²) in [6, 6.07) is 20.8. The maximum absolute atomic E-state index is 2.12. The first kappa shape index (κ1) is 17.9. The van der Waals surface area contributed by atoms with Crippen molar-refractivity contribution in [3.63, 3.8) is 0 Å². The summed E-state index contributed by atoms with van der Waals surface area (Å²) in [6.07, 6.45) is 0. The summed E-state index contributed by atoms with van der Waals surface area (Å²) in [7, 11) is 0. The van der Waals surface area contributed by atoms with E-state index >= 15 is 0 Å². The van der Waals surface area contributed by atoms with E-state index in [0.717, 1.165) is 0 Å². The Labute approximate surface area is 125 Å². The molecule has 83 valence electrons. The minimum Gasteiger partial charge on any atom is -0.358 e. The Morgan fingerprint density at radius 3 is 1.06 bits per heavy atom. The second kappa shape index (κ2) is 11.0. The maximum Gasteiger partial charge on any atom is 0 e. The molecule has 2 aromatic rings. The van der Waals surface area contributed by atoms with Crippen LogP contribution >= 0.6 is 0 Å². The summed E-state index contributed by atoms with van der Waals surface area (Å²) in [5.74, 6) is 0. The van der Waals surface area contributed by atoms with Gasteiger partial charge in [0.15, 0.2) is 0 Å². The summed E-state index contributed by atoms with van der Waals surface area (Å²) in [6.45, 7) is 4.00. The predicted octanol–water partition coefficient (Wildman–Crippen LogP) is 4.83. The van der Waals surface area contributed by atoms with Gasteiger partial charge in [0.1, 0.15) is 0 Å². The Kier molecular flexibility index (Phi) is 12.4. The normalized spacial score (nSPS) is 7.62. The largest absolute Gasteiger partial charge is 0.358 e. The first-order valence-corrected chi connectivity index (χ1v) is 5.07. The predicted molar refractivity (Wildman–Crippen MR) is 69.6 cm³/mol. The van der Waals surface area contributed by atoms with Crippen molar-refractivity contribution >= 4 is 0 Å². The van der Waals surface area contributed by atoms with Gasteiger partial charge in [-0.1, -0.05) is 74.5 Å². The summed E-state index contributed by atoms with van der Waals surface area (Å²) in [4.78, 5) is 0. The molecular weight excluding hydrogens is 269 g/mol. The fourth-order valence-corrected chi connectivity index (χ4v) is 1.26. The molecule has 2 aromatic carbocycles. The Bertz CT molecular complexity index is 303. The fraction of sp³-hybridized carbons (Fsp3) is 0.133. The van der Waals surface area contributed by atoms with Gasteiger partial charge in [0.25, 0.3) is 0 Å². The van der Waals surface area contributed by atoms with Crippen LogP contribution in [0.15, 0.2) is 60.7 Å². The van der Waals surface area contributed by atoms with E-state index in [4.69, 9.17) is 0 Å². The average molecular weight is 288 g/mol. The molecule has 0 unspecified atom stereocenters. The van der Waals surface area contributed by atoms with Crippen LogP contribution in [0.3, 0.4) is 0 Å². The monoisotopic (exact) mass is 288 g/mol. The quantitative estimate of drug-likeness (QED) is 0.659. The van der Waals surface area contributed by atoms with Crippen LogP contribution in [0, 0.1) is 7.43 Å². The van der Waals surface area contributed by atoms with Gasteiger partial charge < -0.3 is 7.43 Å². The fourth-order valence-electron chi connectivity index (χ4n) is 1.26. The van der Waals surface area contributed by atoms with Crippen LogP contribution < -0.4 is 0 Å². The number of benzene rings is 2. The Balaban J connectivity index is 0. The van der Waals surface area contributed by atoms with E-state index in [0.29, 0.717) is 0 Å². The molecule has 0 amide bonds. The molecule has 0 aliphatic rings. The van der Waals surface area contributed by atoms with E-state index in [1.54, 1.807) is 0 Å². The molecule has 1 radical (unpaired) electrons. The Hall–Kier alpha value is -0.456. The first-order valence-electron chi connectivity index (χ1n) is 5.07. The zero-order valence-corrected chi connectivity index (χ0v) is 13.2. The van der Waals surface area contributed by atoms with E-state index in [9.17, 15) is 0 Å². The zero-order chi connectivity index (χ0) is 10.2. The van der Waals surface area contributed by atoms with Crippen molar-refractivity contribution in [2.75, 3.05) is 0 Å². The molecule has 0 aliphatic heterocycles. The maximum atomic E-state index is 2.12. The molecule has 0 fully saturated rings. The van der Waals surface area contributed by atoms with Crippen molar-refractivity contribution < 1.29 is 32.7 Å². The van der Waals surface area contributed by atoms with Gasteiger partial charge in [-0.25, -0.2) is 0 Å². The molecule has 0 saturated carbocycles. The third-order valence-corrected chi connectivity index (χ3v) is 1.88. The molecule has 0 N–H and O–H groups in total. The molecule has 0 aromatic heterocycles. The molecule has 0 spiro atoms. The van der Waals surface area contributed by atoms with Crippen LogP contribution in [-0.4, -0.2) is 0 Å². The Morgan fingerprint density at radius 2 is 0.812 bits per heavy atom. The van der Waals surface area contributed by atoms with Crippen molar-refractivity contribution in [2.24, 2.45) is 0 Å². The molecule has 1 heteroatoms. The first-order chi connectivity index (χ1) is 6.97. The van der Waals surface area contributed by atoms with Gasteiger partial charge in [0, 0.05) is 32.7 Å². The number of hydrogen-bond donors (Lipinski definition) is 0. The van der Waals surface area contributed by atoms with E-state index in [-0.39, 0.29) is 40.1 Å². The van der Waals surface area contributed by atoms with E-state index in [1.807, 2.05) is 26.0 Å². The van der Waals surface area contributed by atoms with Crippen LogP contribution in [0.4, 0.5) is 0 Å². The van der Waals surface area contributed by atoms with Gasteiger partial charge >= 0.3 is 0 Å². The number of rotatable bonds is 1. The second-order valence-electron chi connectivity index (χ2n) is 2.73. The van der Waals surface area contributed by atoms with Gasteiger partial charge in [0.2, 0.25) is 0 Å². The van der Waals surface area contributed by atoms with E-state index in [2.05, 4.69) is 48.5 Å². The molecule has 0 saturated heterocycles. The molecule has 0 nitrogen and oxygen atoms in total. The standard InChI is InChI=1S/C12H10.C2H6.CH3.Y/c1-3-7-11(8-4-1)12-9-5-2-6-10-12;1-2;;/h1-10H;1-2H3;1H3;/q;;-1;. The van der Waals surface area contributed by atoms with Gasteiger partial charge in [-0.2, -0.15) is 0 Å². The Morgan fingerprint density at radius 1 is 0.562 bits per heavy atom. The topological polar surface area (TPSA) is 0 Å². The van der Waals surface area contributed by atoms with Crippen LogP contribution in [0.1, 0.15) is 13.8 Å². The van der Waals surface area contributed by atoms with Crippen molar-refractivity contribution in [1.29, 1.82) is 0 Å². The summed E-state index contributed by atoms with van der Waals surface area (Å²) in [5, 5.41) is 0. The van der Waals surface area contributed by atoms with Crippen molar-refractivity contribution in [1.82, 2.24) is 0 Å². The van der Waals surface area contributed by atoms with Gasteiger partial charge in [0.05, 0.1) is 0 Å². The SMILES string of the molecule is CC.[CH3-].[Y].c1ccc(-c2ccccc2)cc1. The number of hydrogen-bond acceptors (Lipinski definition) is 0. The van der Waals surface area contributed by atoms with E-state index in [1.165, 1.54) is 11.1 Å². The van der Waals surface area contributed by atoms with Crippen LogP contribution in [0.2, 0.25) is 0 Å². The second-order valence-corrected chi connectivity index (χ2v) is 2.73. The summed E-state index contributed by atoms with van der Waals surface area (Å²) < 4.78 is 0. The minimum absolute atomic E-state index is 0. The van der Waals surface area contributed by atoms with Crippen molar-refractivity contribution in [2.45, 2.75) is 13.8 Å². The molecule has 0 aliphatic carbocycles. The van der Waals surface area contributed by atoms with Crippen molar-refractivity contribution in [3.8, 4) is 11.1 Å². The zero-order valence-electron chi connectivity index (χ0n) is 10.4. The van der Waals surface area contributed by atoms with Gasteiger partial charge in [-0.05, 0) is 11.1 Å². The van der Waals surface area contributed by atoms with Gasteiger partial charge in [-0.3, -0.25) is 0 Å². The third kappa shape index (κ3) is 5.58. The van der Waals surface area contributed by atoms with Crippen molar-refractivity contribution in [3.05, 3.63) is 68.1 Å². The average Bonchev–Trinajstić information content (AvgIpc) is 2.34. The van der Waals surface area contributed by atoms with Crippen LogP contribution in [0.25, 0.3) is 11.1 Å². The third-order valence-electron chi connectivity index (χ3n) is 1.88. The van der Waals surface area contributed by atoms with E-state index < -0.39 is 0 Å². The minimum atomic E-state index is 0. The summed E-state index contributed by atoms with van der Waals surface area (Å²) in [5.41, 5.74) is 2.55. The van der Waals surface area contributed by atoms with Crippen LogP contribution in [-0.2, 0) is 32.7 Å². The smallest absolute Gasteiger partial charge is 0 e. The molecule has 0 atom stereocenters.